The van der Waals surface area contributed by atoms with E-state index in [1.165, 1.54) is 0 Å². The number of benzene rings is 2. The molecule has 0 unspecified atom stereocenters. The Morgan fingerprint density at radius 3 is 2.20 bits per heavy atom. The molecular formula is C23H24Cl2N2O3. The molecule has 0 aliphatic carbocycles. The second kappa shape index (κ2) is 10.1. The van der Waals surface area contributed by atoms with Crippen molar-refractivity contribution in [2.75, 3.05) is 13.1 Å². The molecule has 1 fully saturated rings. The fourth-order valence-electron chi connectivity index (χ4n) is 3.45. The van der Waals surface area contributed by atoms with Gasteiger partial charge in [-0.2, -0.15) is 0 Å². The van der Waals surface area contributed by atoms with E-state index in [9.17, 15) is 14.4 Å². The Bertz CT molecular complexity index is 936. The number of hydrogen-bond donors (Lipinski definition) is 1. The van der Waals surface area contributed by atoms with Gasteiger partial charge in [0.05, 0.1) is 10.0 Å². The Balaban J connectivity index is 1.43. The van der Waals surface area contributed by atoms with E-state index in [0.717, 1.165) is 5.56 Å². The quantitative estimate of drug-likeness (QED) is 0.654. The fourth-order valence-corrected chi connectivity index (χ4v) is 3.75. The van der Waals surface area contributed by atoms with Crippen LogP contribution in [0.3, 0.4) is 0 Å². The van der Waals surface area contributed by atoms with Gasteiger partial charge >= 0.3 is 0 Å². The smallest absolute Gasteiger partial charge is 0.253 e. The summed E-state index contributed by atoms with van der Waals surface area (Å²) in [6.07, 6.45) is 1.69. The molecule has 5 nitrogen and oxygen atoms in total. The van der Waals surface area contributed by atoms with E-state index < -0.39 is 0 Å². The van der Waals surface area contributed by atoms with Crippen LogP contribution in [0.15, 0.2) is 42.5 Å². The first kappa shape index (κ1) is 22.3. The van der Waals surface area contributed by atoms with Crippen LogP contribution in [0.25, 0.3) is 0 Å². The monoisotopic (exact) mass is 446 g/mol. The number of Topliss-reactive ketones (excluding diaryl/α,β-unsaturated/α-hetero) is 1. The van der Waals surface area contributed by atoms with Gasteiger partial charge in [0.2, 0.25) is 5.91 Å². The number of nitrogens with one attached hydrogen (secondary N) is 1. The Kier molecular flexibility index (Phi) is 7.51. The molecule has 2 aromatic rings. The van der Waals surface area contributed by atoms with Gasteiger partial charge in [0.15, 0.2) is 5.78 Å². The third-order valence-electron chi connectivity index (χ3n) is 5.27. The van der Waals surface area contributed by atoms with E-state index in [1.54, 1.807) is 35.2 Å². The van der Waals surface area contributed by atoms with Gasteiger partial charge in [0, 0.05) is 43.1 Å². The maximum atomic E-state index is 12.6. The minimum absolute atomic E-state index is 0.00447. The lowest BCUT2D eigenvalue weighted by Crippen LogP contribution is -2.46. The zero-order chi connectivity index (χ0) is 21.7. The van der Waals surface area contributed by atoms with Crippen LogP contribution in [-0.2, 0) is 4.79 Å². The van der Waals surface area contributed by atoms with Crippen molar-refractivity contribution in [1.29, 1.82) is 0 Å². The Morgan fingerprint density at radius 2 is 1.57 bits per heavy atom. The van der Waals surface area contributed by atoms with Crippen molar-refractivity contribution < 1.29 is 14.4 Å². The molecule has 0 radical (unpaired) electrons. The summed E-state index contributed by atoms with van der Waals surface area (Å²) < 4.78 is 0. The number of likely N-dealkylation sites (tertiary alicyclic amines) is 1. The molecule has 2 aromatic carbocycles. The standard InChI is InChI=1S/C23H24Cl2N2O3/c1-15-2-4-16(5-3-15)21(28)8-9-22(29)26-18-10-12-27(13-11-18)23(30)17-6-7-19(24)20(25)14-17/h2-7,14,18H,8-13H2,1H3,(H,26,29). The molecule has 1 aliphatic heterocycles. The first-order valence-corrected chi connectivity index (χ1v) is 10.7. The number of hydrogen-bond acceptors (Lipinski definition) is 3. The average Bonchev–Trinajstić information content (AvgIpc) is 2.74. The van der Waals surface area contributed by atoms with Crippen LogP contribution in [0.4, 0.5) is 0 Å². The summed E-state index contributed by atoms with van der Waals surface area (Å²) in [4.78, 5) is 38.8. The highest BCUT2D eigenvalue weighted by molar-refractivity contribution is 6.42. The lowest BCUT2D eigenvalue weighted by Gasteiger charge is -2.32. The van der Waals surface area contributed by atoms with Gasteiger partial charge < -0.3 is 10.2 Å². The van der Waals surface area contributed by atoms with Crippen LogP contribution < -0.4 is 5.32 Å². The molecule has 1 aliphatic rings. The zero-order valence-corrected chi connectivity index (χ0v) is 18.3. The third kappa shape index (κ3) is 5.83. The molecule has 1 saturated heterocycles. The van der Waals surface area contributed by atoms with Crippen molar-refractivity contribution in [3.8, 4) is 0 Å². The summed E-state index contributed by atoms with van der Waals surface area (Å²) in [7, 11) is 0. The Labute approximate surface area is 186 Å². The summed E-state index contributed by atoms with van der Waals surface area (Å²) in [5, 5.41) is 3.75. The lowest BCUT2D eigenvalue weighted by molar-refractivity contribution is -0.122. The van der Waals surface area contributed by atoms with Gasteiger partial charge in [-0.25, -0.2) is 0 Å². The molecule has 0 aromatic heterocycles. The summed E-state index contributed by atoms with van der Waals surface area (Å²) in [6, 6.07) is 12.2. The highest BCUT2D eigenvalue weighted by Crippen LogP contribution is 2.24. The predicted octanol–water partition coefficient (Wildman–Crippen LogP) is 4.69. The summed E-state index contributed by atoms with van der Waals surface area (Å²) in [6.45, 7) is 3.06. The van der Waals surface area contributed by atoms with Gasteiger partial charge in [0.1, 0.15) is 0 Å². The van der Waals surface area contributed by atoms with E-state index in [2.05, 4.69) is 5.32 Å². The second-order valence-corrected chi connectivity index (χ2v) is 8.37. The molecule has 7 heteroatoms. The Hall–Kier alpha value is -2.37. The molecule has 1 N–H and O–H groups in total. The molecule has 158 valence electrons. The van der Waals surface area contributed by atoms with Gasteiger partial charge in [-0.05, 0) is 38.0 Å². The number of carbonyl (C=O) groups is 3. The minimum atomic E-state index is -0.135. The second-order valence-electron chi connectivity index (χ2n) is 7.55. The van der Waals surface area contributed by atoms with Crippen molar-refractivity contribution in [2.45, 2.75) is 38.6 Å². The third-order valence-corrected chi connectivity index (χ3v) is 6.01. The first-order chi connectivity index (χ1) is 14.3. The predicted molar refractivity (Wildman–Crippen MR) is 118 cm³/mol. The van der Waals surface area contributed by atoms with Gasteiger partial charge in [-0.1, -0.05) is 53.0 Å². The number of amides is 2. The van der Waals surface area contributed by atoms with Crippen LogP contribution in [0.1, 0.15) is 52.0 Å². The Morgan fingerprint density at radius 1 is 0.933 bits per heavy atom. The van der Waals surface area contributed by atoms with Crippen LogP contribution in [0.2, 0.25) is 10.0 Å². The number of rotatable bonds is 6. The summed E-state index contributed by atoms with van der Waals surface area (Å²) >= 11 is 11.9. The highest BCUT2D eigenvalue weighted by atomic mass is 35.5. The molecule has 3 rings (SSSR count). The number of nitrogens with zero attached hydrogens (tertiary/aromatic N) is 1. The molecule has 0 atom stereocenters. The van der Waals surface area contributed by atoms with E-state index in [4.69, 9.17) is 23.2 Å². The first-order valence-electron chi connectivity index (χ1n) is 9.97. The summed E-state index contributed by atoms with van der Waals surface area (Å²) in [5.74, 6) is -0.265. The maximum absolute atomic E-state index is 12.6. The van der Waals surface area contributed by atoms with Crippen molar-refractivity contribution in [1.82, 2.24) is 10.2 Å². The summed E-state index contributed by atoms with van der Waals surface area (Å²) in [5.41, 5.74) is 2.22. The van der Waals surface area contributed by atoms with Crippen molar-refractivity contribution in [3.05, 3.63) is 69.2 Å². The largest absolute Gasteiger partial charge is 0.353 e. The van der Waals surface area contributed by atoms with E-state index in [1.807, 2.05) is 19.1 Å². The number of carbonyl (C=O) groups excluding carboxylic acids is 3. The minimum Gasteiger partial charge on any atom is -0.353 e. The highest BCUT2D eigenvalue weighted by Gasteiger charge is 2.25. The number of piperidine rings is 1. The number of ketones is 1. The van der Waals surface area contributed by atoms with Crippen molar-refractivity contribution >= 4 is 40.8 Å². The number of aryl methyl sites for hydroxylation is 1. The number of halogens is 2. The SMILES string of the molecule is Cc1ccc(C(=O)CCC(=O)NC2CCN(C(=O)c3ccc(Cl)c(Cl)c3)CC2)cc1. The van der Waals surface area contributed by atoms with Crippen molar-refractivity contribution in [3.63, 3.8) is 0 Å². The van der Waals surface area contributed by atoms with Gasteiger partial charge in [-0.15, -0.1) is 0 Å². The van der Waals surface area contributed by atoms with Crippen LogP contribution >= 0.6 is 23.2 Å². The molecule has 0 spiro atoms. The van der Waals surface area contributed by atoms with Crippen LogP contribution in [-0.4, -0.2) is 41.6 Å². The lowest BCUT2D eigenvalue weighted by atomic mass is 10.0. The van der Waals surface area contributed by atoms with E-state index >= 15 is 0 Å². The van der Waals surface area contributed by atoms with E-state index in [-0.39, 0.29) is 36.5 Å². The zero-order valence-electron chi connectivity index (χ0n) is 16.8. The maximum Gasteiger partial charge on any atom is 0.253 e. The fraction of sp³-hybridized carbons (Fsp3) is 0.348. The molecule has 0 bridgehead atoms. The molecule has 1 heterocycles. The molecular weight excluding hydrogens is 423 g/mol. The van der Waals surface area contributed by atoms with E-state index in [0.29, 0.717) is 47.1 Å². The molecule has 2 amide bonds. The van der Waals surface area contributed by atoms with Gasteiger partial charge in [-0.3, -0.25) is 14.4 Å². The topological polar surface area (TPSA) is 66.5 Å². The van der Waals surface area contributed by atoms with Crippen LogP contribution in [0.5, 0.6) is 0 Å². The molecule has 0 saturated carbocycles. The van der Waals surface area contributed by atoms with Gasteiger partial charge in [0.25, 0.3) is 5.91 Å². The van der Waals surface area contributed by atoms with Crippen LogP contribution in [0, 0.1) is 6.92 Å². The normalized spacial score (nSPS) is 14.4. The molecule has 30 heavy (non-hydrogen) atoms. The van der Waals surface area contributed by atoms with Crippen molar-refractivity contribution in [2.24, 2.45) is 0 Å². The average molecular weight is 447 g/mol.